The first kappa shape index (κ1) is 23.2. The summed E-state index contributed by atoms with van der Waals surface area (Å²) in [6, 6.07) is 17.1. The van der Waals surface area contributed by atoms with E-state index in [9.17, 15) is 14.0 Å². The van der Waals surface area contributed by atoms with Crippen LogP contribution in [0.1, 0.15) is 34.1 Å². The van der Waals surface area contributed by atoms with E-state index >= 15 is 0 Å². The number of nitrogens with one attached hydrogen (secondary N) is 1. The molecule has 1 heterocycles. The average molecular weight is 437 g/mol. The molecule has 0 saturated carbocycles. The molecule has 168 valence electrons. The highest BCUT2D eigenvalue weighted by atomic mass is 19.1. The van der Waals surface area contributed by atoms with Gasteiger partial charge in [0.1, 0.15) is 18.2 Å². The van der Waals surface area contributed by atoms with Crippen LogP contribution in [0, 0.1) is 11.7 Å². The first-order valence-electron chi connectivity index (χ1n) is 10.8. The predicted molar refractivity (Wildman–Crippen MR) is 124 cm³/mol. The lowest BCUT2D eigenvalue weighted by molar-refractivity contribution is -0.137. The Morgan fingerprint density at radius 3 is 2.28 bits per heavy atom. The monoisotopic (exact) mass is 436 g/mol. The second kappa shape index (κ2) is 10.2. The SMILES string of the molecule is CC(C)CC(=O)N(CC(=O)Nc1cc(-c2ccccc2)nn1-c1ccc(F)cc1)C(C)C. The van der Waals surface area contributed by atoms with Crippen LogP contribution in [0.3, 0.4) is 0 Å². The second-order valence-electron chi connectivity index (χ2n) is 8.43. The molecule has 0 saturated heterocycles. The molecule has 1 N–H and O–H groups in total. The number of halogens is 1. The van der Waals surface area contributed by atoms with Gasteiger partial charge in [0.25, 0.3) is 0 Å². The molecule has 0 radical (unpaired) electrons. The van der Waals surface area contributed by atoms with E-state index in [0.29, 0.717) is 23.6 Å². The van der Waals surface area contributed by atoms with Gasteiger partial charge in [0.05, 0.1) is 11.4 Å². The molecule has 0 unspecified atom stereocenters. The lowest BCUT2D eigenvalue weighted by Crippen LogP contribution is -2.42. The van der Waals surface area contributed by atoms with E-state index in [1.54, 1.807) is 27.8 Å². The molecule has 3 rings (SSSR count). The minimum Gasteiger partial charge on any atom is -0.331 e. The lowest BCUT2D eigenvalue weighted by Gasteiger charge is -2.27. The number of aromatic nitrogens is 2. The maximum Gasteiger partial charge on any atom is 0.245 e. The molecule has 0 spiro atoms. The first-order chi connectivity index (χ1) is 15.2. The topological polar surface area (TPSA) is 67.2 Å². The van der Waals surface area contributed by atoms with Crippen LogP contribution in [0.2, 0.25) is 0 Å². The smallest absolute Gasteiger partial charge is 0.245 e. The quantitative estimate of drug-likeness (QED) is 0.546. The Labute approximate surface area is 188 Å². The van der Waals surface area contributed by atoms with Crippen LogP contribution < -0.4 is 5.32 Å². The number of hydrogen-bond acceptors (Lipinski definition) is 3. The Kier molecular flexibility index (Phi) is 7.41. The first-order valence-corrected chi connectivity index (χ1v) is 10.8. The van der Waals surface area contributed by atoms with Crippen molar-refractivity contribution in [1.29, 1.82) is 0 Å². The highest BCUT2D eigenvalue weighted by Crippen LogP contribution is 2.25. The van der Waals surface area contributed by atoms with Crippen molar-refractivity contribution >= 4 is 17.6 Å². The predicted octanol–water partition coefficient (Wildman–Crippen LogP) is 4.90. The summed E-state index contributed by atoms with van der Waals surface area (Å²) in [5.74, 6) is -0.0764. The van der Waals surface area contributed by atoms with E-state index in [1.165, 1.54) is 12.1 Å². The molecule has 2 amide bonds. The number of hydrogen-bond donors (Lipinski definition) is 1. The Balaban J connectivity index is 1.88. The average Bonchev–Trinajstić information content (AvgIpc) is 3.16. The van der Waals surface area contributed by atoms with Crippen LogP contribution in [-0.2, 0) is 9.59 Å². The molecule has 0 aliphatic heterocycles. The van der Waals surface area contributed by atoms with E-state index in [0.717, 1.165) is 5.56 Å². The van der Waals surface area contributed by atoms with E-state index in [2.05, 4.69) is 10.4 Å². The van der Waals surface area contributed by atoms with Crippen molar-refractivity contribution in [3.63, 3.8) is 0 Å². The second-order valence-corrected chi connectivity index (χ2v) is 8.43. The summed E-state index contributed by atoms with van der Waals surface area (Å²) in [5, 5.41) is 7.50. The normalized spacial score (nSPS) is 11.1. The van der Waals surface area contributed by atoms with Crippen LogP contribution >= 0.6 is 0 Å². The number of carbonyl (C=O) groups excluding carboxylic acids is 2. The number of amides is 2. The third kappa shape index (κ3) is 5.81. The van der Waals surface area contributed by atoms with E-state index in [1.807, 2.05) is 58.0 Å². The molecule has 0 bridgehead atoms. The van der Waals surface area contributed by atoms with Gasteiger partial charge >= 0.3 is 0 Å². The maximum atomic E-state index is 13.4. The highest BCUT2D eigenvalue weighted by Gasteiger charge is 2.22. The molecule has 7 heteroatoms. The van der Waals surface area contributed by atoms with Gasteiger partial charge in [-0.15, -0.1) is 0 Å². The van der Waals surface area contributed by atoms with Gasteiger partial charge < -0.3 is 10.2 Å². The van der Waals surface area contributed by atoms with Crippen LogP contribution in [0.25, 0.3) is 16.9 Å². The molecule has 2 aromatic carbocycles. The number of nitrogens with zero attached hydrogens (tertiary/aromatic N) is 3. The zero-order chi connectivity index (χ0) is 23.3. The Morgan fingerprint density at radius 1 is 1.03 bits per heavy atom. The van der Waals surface area contributed by atoms with Gasteiger partial charge in [0.2, 0.25) is 11.8 Å². The third-order valence-electron chi connectivity index (χ3n) is 4.96. The number of rotatable bonds is 8. The highest BCUT2D eigenvalue weighted by molar-refractivity contribution is 5.94. The Bertz CT molecular complexity index is 1060. The molecule has 1 aromatic heterocycles. The molecular formula is C25H29FN4O2. The molecule has 0 aliphatic rings. The van der Waals surface area contributed by atoms with Crippen LogP contribution in [-0.4, -0.2) is 39.1 Å². The van der Waals surface area contributed by atoms with Crippen molar-refractivity contribution in [2.45, 2.75) is 40.2 Å². The standard InChI is InChI=1S/C25H29FN4O2/c1-17(2)14-25(32)29(18(3)4)16-24(31)27-23-15-22(19-8-6-5-7-9-19)28-30(23)21-12-10-20(26)11-13-21/h5-13,15,17-18H,14,16H2,1-4H3,(H,27,31). The molecule has 0 aliphatic carbocycles. The van der Waals surface area contributed by atoms with Crippen LogP contribution in [0.15, 0.2) is 60.7 Å². The van der Waals surface area contributed by atoms with E-state index in [-0.39, 0.29) is 36.1 Å². The summed E-state index contributed by atoms with van der Waals surface area (Å²) in [5.41, 5.74) is 2.17. The maximum absolute atomic E-state index is 13.4. The summed E-state index contributed by atoms with van der Waals surface area (Å²) < 4.78 is 15.0. The molecule has 3 aromatic rings. The van der Waals surface area contributed by atoms with Crippen molar-refractivity contribution in [1.82, 2.24) is 14.7 Å². The Morgan fingerprint density at radius 2 is 1.69 bits per heavy atom. The largest absolute Gasteiger partial charge is 0.331 e. The molecule has 6 nitrogen and oxygen atoms in total. The van der Waals surface area contributed by atoms with Gasteiger partial charge in [0.15, 0.2) is 0 Å². The van der Waals surface area contributed by atoms with Gasteiger partial charge in [-0.2, -0.15) is 5.10 Å². The van der Waals surface area contributed by atoms with Crippen LogP contribution in [0.5, 0.6) is 0 Å². The van der Waals surface area contributed by atoms with E-state index < -0.39 is 0 Å². The minimum atomic E-state index is -0.356. The number of benzene rings is 2. The molecule has 32 heavy (non-hydrogen) atoms. The van der Waals surface area contributed by atoms with Gasteiger partial charge in [0, 0.05) is 24.1 Å². The molecule has 0 atom stereocenters. The zero-order valence-corrected chi connectivity index (χ0v) is 18.9. The summed E-state index contributed by atoms with van der Waals surface area (Å²) in [4.78, 5) is 27.1. The number of carbonyl (C=O) groups is 2. The fourth-order valence-corrected chi connectivity index (χ4v) is 3.36. The van der Waals surface area contributed by atoms with Crippen molar-refractivity contribution < 1.29 is 14.0 Å². The van der Waals surface area contributed by atoms with Crippen molar-refractivity contribution in [3.05, 3.63) is 66.5 Å². The zero-order valence-electron chi connectivity index (χ0n) is 18.9. The van der Waals surface area contributed by atoms with Gasteiger partial charge in [-0.3, -0.25) is 9.59 Å². The summed E-state index contributed by atoms with van der Waals surface area (Å²) in [6.07, 6.45) is 0.386. The van der Waals surface area contributed by atoms with E-state index in [4.69, 9.17) is 0 Å². The minimum absolute atomic E-state index is 0.0535. The van der Waals surface area contributed by atoms with Crippen LogP contribution in [0.4, 0.5) is 10.2 Å². The van der Waals surface area contributed by atoms with Gasteiger partial charge in [-0.05, 0) is 44.0 Å². The van der Waals surface area contributed by atoms with Gasteiger partial charge in [-0.25, -0.2) is 9.07 Å². The lowest BCUT2D eigenvalue weighted by atomic mass is 10.1. The van der Waals surface area contributed by atoms with Gasteiger partial charge in [-0.1, -0.05) is 44.2 Å². The van der Waals surface area contributed by atoms with Crippen molar-refractivity contribution in [2.75, 3.05) is 11.9 Å². The third-order valence-corrected chi connectivity index (χ3v) is 4.96. The molecule has 0 fully saturated rings. The molecular weight excluding hydrogens is 407 g/mol. The fraction of sp³-hybridized carbons (Fsp3) is 0.320. The number of anilines is 1. The fourth-order valence-electron chi connectivity index (χ4n) is 3.36. The summed E-state index contributed by atoms with van der Waals surface area (Å²) in [6.45, 7) is 7.67. The summed E-state index contributed by atoms with van der Waals surface area (Å²) >= 11 is 0. The van der Waals surface area contributed by atoms with Crippen molar-refractivity contribution in [2.24, 2.45) is 5.92 Å². The Hall–Kier alpha value is -3.48. The summed E-state index contributed by atoms with van der Waals surface area (Å²) in [7, 11) is 0. The van der Waals surface area contributed by atoms with Crippen molar-refractivity contribution in [3.8, 4) is 16.9 Å².